The second kappa shape index (κ2) is 4.69. The van der Waals surface area contributed by atoms with Crippen LogP contribution in [0.3, 0.4) is 0 Å². The number of halogens is 1. The Labute approximate surface area is 102 Å². The third kappa shape index (κ3) is 2.63. The van der Waals surface area contributed by atoms with Gasteiger partial charge in [-0.25, -0.2) is 4.98 Å². The van der Waals surface area contributed by atoms with Gasteiger partial charge < -0.3 is 16.4 Å². The standard InChI is InChI=1S/C10H13BrN4O/c11-8-3-6(12)4-14-10(8)15-7-1-2-9(16)13-5-7/h3-4,7H,1-2,5,12H2,(H,13,16)(H,14,15). The van der Waals surface area contributed by atoms with Gasteiger partial charge in [0.15, 0.2) is 0 Å². The molecule has 1 aliphatic heterocycles. The van der Waals surface area contributed by atoms with Gasteiger partial charge in [0.1, 0.15) is 5.82 Å². The molecule has 1 aromatic rings. The average Bonchev–Trinajstić information content (AvgIpc) is 2.25. The first-order valence-corrected chi connectivity index (χ1v) is 5.88. The van der Waals surface area contributed by atoms with Crippen LogP contribution in [0.1, 0.15) is 12.8 Å². The zero-order chi connectivity index (χ0) is 11.5. The minimum atomic E-state index is 0.113. The molecular formula is C10H13BrN4O. The van der Waals surface area contributed by atoms with Gasteiger partial charge in [0.05, 0.1) is 16.4 Å². The van der Waals surface area contributed by atoms with Crippen molar-refractivity contribution in [3.05, 3.63) is 16.7 Å². The first-order chi connectivity index (χ1) is 7.65. The van der Waals surface area contributed by atoms with Crippen LogP contribution in [0.15, 0.2) is 16.7 Å². The van der Waals surface area contributed by atoms with Crippen LogP contribution in [-0.2, 0) is 4.79 Å². The quantitative estimate of drug-likeness (QED) is 0.760. The van der Waals surface area contributed by atoms with Gasteiger partial charge in [0.2, 0.25) is 5.91 Å². The summed E-state index contributed by atoms with van der Waals surface area (Å²) in [5.41, 5.74) is 6.22. The lowest BCUT2D eigenvalue weighted by Crippen LogP contribution is -2.42. The van der Waals surface area contributed by atoms with E-state index in [9.17, 15) is 4.79 Å². The molecule has 16 heavy (non-hydrogen) atoms. The number of nitrogens with one attached hydrogen (secondary N) is 2. The lowest BCUT2D eigenvalue weighted by Gasteiger charge is -2.24. The smallest absolute Gasteiger partial charge is 0.220 e. The van der Waals surface area contributed by atoms with E-state index in [1.807, 2.05) is 0 Å². The molecule has 1 unspecified atom stereocenters. The number of rotatable bonds is 2. The van der Waals surface area contributed by atoms with E-state index in [1.165, 1.54) is 0 Å². The molecule has 0 aromatic carbocycles. The maximum absolute atomic E-state index is 11.0. The summed E-state index contributed by atoms with van der Waals surface area (Å²) in [4.78, 5) is 15.2. The predicted molar refractivity (Wildman–Crippen MR) is 66.0 cm³/mol. The Balaban J connectivity index is 2.01. The number of pyridine rings is 1. The van der Waals surface area contributed by atoms with E-state index in [0.717, 1.165) is 16.7 Å². The topological polar surface area (TPSA) is 80.0 Å². The van der Waals surface area contributed by atoms with Crippen molar-refractivity contribution in [2.45, 2.75) is 18.9 Å². The summed E-state index contributed by atoms with van der Waals surface area (Å²) in [5.74, 6) is 0.873. The first kappa shape index (κ1) is 11.2. The van der Waals surface area contributed by atoms with E-state index in [2.05, 4.69) is 31.5 Å². The van der Waals surface area contributed by atoms with E-state index < -0.39 is 0 Å². The lowest BCUT2D eigenvalue weighted by atomic mass is 10.1. The third-order valence-electron chi connectivity index (χ3n) is 2.47. The SMILES string of the molecule is Nc1cnc(NC2CCC(=O)NC2)c(Br)c1. The zero-order valence-corrected chi connectivity index (χ0v) is 10.3. The maximum Gasteiger partial charge on any atom is 0.220 e. The van der Waals surface area contributed by atoms with Crippen molar-refractivity contribution >= 4 is 33.3 Å². The van der Waals surface area contributed by atoms with Crippen LogP contribution in [0, 0.1) is 0 Å². The summed E-state index contributed by atoms with van der Waals surface area (Å²) in [6.45, 7) is 0.636. The lowest BCUT2D eigenvalue weighted by molar-refractivity contribution is -0.122. The number of hydrogen-bond acceptors (Lipinski definition) is 4. The molecule has 1 fully saturated rings. The summed E-state index contributed by atoms with van der Waals surface area (Å²) in [6.07, 6.45) is 2.99. The summed E-state index contributed by atoms with van der Waals surface area (Å²) < 4.78 is 0.837. The van der Waals surface area contributed by atoms with Crippen LogP contribution in [0.4, 0.5) is 11.5 Å². The molecule has 0 bridgehead atoms. The Morgan fingerprint density at radius 2 is 2.44 bits per heavy atom. The molecule has 0 saturated carbocycles. The fraction of sp³-hybridized carbons (Fsp3) is 0.400. The van der Waals surface area contributed by atoms with Gasteiger partial charge in [-0.15, -0.1) is 0 Å². The summed E-state index contributed by atoms with van der Waals surface area (Å²) in [5, 5.41) is 6.08. The number of hydrogen-bond donors (Lipinski definition) is 3. The molecule has 6 heteroatoms. The van der Waals surface area contributed by atoms with Crippen molar-refractivity contribution in [3.63, 3.8) is 0 Å². The van der Waals surface area contributed by atoms with Crippen LogP contribution in [0.25, 0.3) is 0 Å². The van der Waals surface area contributed by atoms with Crippen molar-refractivity contribution < 1.29 is 4.79 Å². The van der Waals surface area contributed by atoms with E-state index in [-0.39, 0.29) is 11.9 Å². The summed E-state index contributed by atoms with van der Waals surface area (Å²) in [7, 11) is 0. The Morgan fingerprint density at radius 3 is 3.06 bits per heavy atom. The highest BCUT2D eigenvalue weighted by Gasteiger charge is 2.18. The minimum absolute atomic E-state index is 0.113. The summed E-state index contributed by atoms with van der Waals surface area (Å²) in [6, 6.07) is 2.03. The van der Waals surface area contributed by atoms with Crippen LogP contribution in [0.5, 0.6) is 0 Å². The predicted octanol–water partition coefficient (Wildman–Crippen LogP) is 1.12. The fourth-order valence-electron chi connectivity index (χ4n) is 1.61. The van der Waals surface area contributed by atoms with Crippen molar-refractivity contribution in [2.75, 3.05) is 17.6 Å². The van der Waals surface area contributed by atoms with Crippen LogP contribution in [0.2, 0.25) is 0 Å². The number of piperidine rings is 1. The highest BCUT2D eigenvalue weighted by atomic mass is 79.9. The average molecular weight is 285 g/mol. The van der Waals surface area contributed by atoms with Crippen LogP contribution < -0.4 is 16.4 Å². The minimum Gasteiger partial charge on any atom is -0.397 e. The number of nitrogens with zero attached hydrogens (tertiary/aromatic N) is 1. The molecular weight excluding hydrogens is 272 g/mol. The molecule has 1 aliphatic rings. The number of amides is 1. The van der Waals surface area contributed by atoms with Gasteiger partial charge in [0.25, 0.3) is 0 Å². The molecule has 1 aromatic heterocycles. The van der Waals surface area contributed by atoms with Gasteiger partial charge >= 0.3 is 0 Å². The monoisotopic (exact) mass is 284 g/mol. The van der Waals surface area contributed by atoms with Gasteiger partial charge in [-0.05, 0) is 28.4 Å². The molecule has 5 nitrogen and oxygen atoms in total. The molecule has 1 amide bonds. The number of aromatic nitrogens is 1. The van der Waals surface area contributed by atoms with E-state index >= 15 is 0 Å². The fourth-order valence-corrected chi connectivity index (χ4v) is 2.09. The molecule has 0 radical (unpaired) electrons. The Kier molecular flexibility index (Phi) is 3.28. The molecule has 1 saturated heterocycles. The van der Waals surface area contributed by atoms with Crippen molar-refractivity contribution in [1.29, 1.82) is 0 Å². The number of nitrogen functional groups attached to an aromatic ring is 1. The Hall–Kier alpha value is -1.30. The molecule has 4 N–H and O–H groups in total. The van der Waals surface area contributed by atoms with Gasteiger partial charge in [-0.3, -0.25) is 4.79 Å². The molecule has 0 aliphatic carbocycles. The van der Waals surface area contributed by atoms with E-state index in [1.54, 1.807) is 12.3 Å². The van der Waals surface area contributed by atoms with E-state index in [4.69, 9.17) is 5.73 Å². The maximum atomic E-state index is 11.0. The number of anilines is 2. The second-order valence-electron chi connectivity index (χ2n) is 3.78. The highest BCUT2D eigenvalue weighted by Crippen LogP contribution is 2.23. The molecule has 86 valence electrons. The Bertz CT molecular complexity index is 400. The van der Waals surface area contributed by atoms with Crippen molar-refractivity contribution in [3.8, 4) is 0 Å². The van der Waals surface area contributed by atoms with E-state index in [0.29, 0.717) is 18.7 Å². The first-order valence-electron chi connectivity index (χ1n) is 5.09. The zero-order valence-electron chi connectivity index (χ0n) is 8.66. The molecule has 2 heterocycles. The molecule has 2 rings (SSSR count). The Morgan fingerprint density at radius 1 is 1.62 bits per heavy atom. The van der Waals surface area contributed by atoms with Gasteiger partial charge in [-0.1, -0.05) is 0 Å². The number of nitrogens with two attached hydrogens (primary N) is 1. The molecule has 0 spiro atoms. The van der Waals surface area contributed by atoms with Crippen molar-refractivity contribution in [2.24, 2.45) is 0 Å². The number of carbonyl (C=O) groups excluding carboxylic acids is 1. The number of carbonyl (C=O) groups is 1. The largest absolute Gasteiger partial charge is 0.397 e. The van der Waals surface area contributed by atoms with Gasteiger partial charge in [0, 0.05) is 19.0 Å². The van der Waals surface area contributed by atoms with Crippen LogP contribution >= 0.6 is 15.9 Å². The van der Waals surface area contributed by atoms with Crippen LogP contribution in [-0.4, -0.2) is 23.5 Å². The normalized spacial score (nSPS) is 20.3. The summed E-state index contributed by atoms with van der Waals surface area (Å²) >= 11 is 3.39. The second-order valence-corrected chi connectivity index (χ2v) is 4.64. The van der Waals surface area contributed by atoms with Gasteiger partial charge in [-0.2, -0.15) is 0 Å². The third-order valence-corrected chi connectivity index (χ3v) is 3.07. The molecule has 1 atom stereocenters. The van der Waals surface area contributed by atoms with Crippen molar-refractivity contribution in [1.82, 2.24) is 10.3 Å². The highest BCUT2D eigenvalue weighted by molar-refractivity contribution is 9.10.